The normalized spacial score (nSPS) is 15.1. The number of nitrogens with zero attached hydrogens (tertiary/aromatic N) is 2. The number of sulfonamides is 1. The van der Waals surface area contributed by atoms with E-state index in [9.17, 15) is 18.0 Å². The molecule has 1 atom stereocenters. The second kappa shape index (κ2) is 11.2. The summed E-state index contributed by atoms with van der Waals surface area (Å²) in [5, 5.41) is 3.53. The lowest BCUT2D eigenvalue weighted by molar-refractivity contribution is -0.139. The summed E-state index contributed by atoms with van der Waals surface area (Å²) in [5.41, 5.74) is 1.86. The minimum absolute atomic E-state index is 0.118. The van der Waals surface area contributed by atoms with Gasteiger partial charge < -0.3 is 10.2 Å². The van der Waals surface area contributed by atoms with E-state index in [1.165, 1.54) is 4.90 Å². The predicted octanol–water partition coefficient (Wildman–Crippen LogP) is 3.89. The molecule has 2 amide bonds. The van der Waals surface area contributed by atoms with E-state index in [2.05, 4.69) is 5.32 Å². The van der Waals surface area contributed by atoms with Crippen molar-refractivity contribution in [3.05, 3.63) is 64.7 Å². The fourth-order valence-corrected chi connectivity index (χ4v) is 5.38. The first-order valence-electron chi connectivity index (χ1n) is 11.4. The van der Waals surface area contributed by atoms with E-state index in [0.717, 1.165) is 41.8 Å². The third-order valence-corrected chi connectivity index (χ3v) is 7.53. The van der Waals surface area contributed by atoms with Gasteiger partial charge in [-0.25, -0.2) is 8.42 Å². The van der Waals surface area contributed by atoms with Crippen LogP contribution in [-0.2, 0) is 26.2 Å². The molecular weight excluding hydrogens is 474 g/mol. The van der Waals surface area contributed by atoms with Crippen LogP contribution < -0.4 is 9.62 Å². The highest BCUT2D eigenvalue weighted by atomic mass is 35.5. The van der Waals surface area contributed by atoms with E-state index in [1.807, 2.05) is 30.3 Å². The van der Waals surface area contributed by atoms with Crippen LogP contribution in [-0.4, -0.2) is 50.0 Å². The van der Waals surface area contributed by atoms with Gasteiger partial charge in [-0.2, -0.15) is 0 Å². The summed E-state index contributed by atoms with van der Waals surface area (Å²) in [4.78, 5) is 28.0. The van der Waals surface area contributed by atoms with E-state index < -0.39 is 28.5 Å². The summed E-state index contributed by atoms with van der Waals surface area (Å²) >= 11 is 6.04. The monoisotopic (exact) mass is 505 g/mol. The number of nitrogens with one attached hydrogen (secondary N) is 1. The van der Waals surface area contributed by atoms with Gasteiger partial charge in [0.1, 0.15) is 12.6 Å². The van der Waals surface area contributed by atoms with E-state index in [1.54, 1.807) is 32.0 Å². The lowest BCUT2D eigenvalue weighted by Gasteiger charge is -2.32. The number of hydrogen-bond donors (Lipinski definition) is 1. The minimum Gasteiger partial charge on any atom is -0.352 e. The molecule has 1 aliphatic rings. The summed E-state index contributed by atoms with van der Waals surface area (Å²) in [6.07, 6.45) is 5.09. The van der Waals surface area contributed by atoms with E-state index in [4.69, 9.17) is 11.6 Å². The fraction of sp³-hybridized carbons (Fsp3) is 0.440. The number of carbonyl (C=O) groups is 2. The van der Waals surface area contributed by atoms with Crippen molar-refractivity contribution in [3.8, 4) is 0 Å². The van der Waals surface area contributed by atoms with Gasteiger partial charge in [0.05, 0.1) is 11.9 Å². The Labute approximate surface area is 207 Å². The van der Waals surface area contributed by atoms with Crippen molar-refractivity contribution < 1.29 is 18.0 Å². The molecule has 0 heterocycles. The number of aryl methyl sites for hydroxylation is 1. The van der Waals surface area contributed by atoms with E-state index >= 15 is 0 Å². The van der Waals surface area contributed by atoms with Crippen molar-refractivity contribution in [2.75, 3.05) is 17.1 Å². The van der Waals surface area contributed by atoms with Crippen LogP contribution in [0.2, 0.25) is 5.02 Å². The number of anilines is 1. The molecule has 2 aromatic carbocycles. The van der Waals surface area contributed by atoms with E-state index in [-0.39, 0.29) is 18.5 Å². The molecule has 1 N–H and O–H groups in total. The lowest BCUT2D eigenvalue weighted by atomic mass is 10.1. The van der Waals surface area contributed by atoms with Crippen LogP contribution in [0.15, 0.2) is 48.5 Å². The molecule has 2 aromatic rings. The van der Waals surface area contributed by atoms with Gasteiger partial charge in [-0.1, -0.05) is 54.8 Å². The Kier molecular flexibility index (Phi) is 8.60. The second-order valence-corrected chi connectivity index (χ2v) is 11.2. The zero-order chi connectivity index (χ0) is 24.9. The highest BCUT2D eigenvalue weighted by molar-refractivity contribution is 7.92. The molecular formula is C25H32ClN3O4S. The van der Waals surface area contributed by atoms with Gasteiger partial charge in [0.2, 0.25) is 21.8 Å². The molecule has 0 radical (unpaired) electrons. The first kappa shape index (κ1) is 26.0. The van der Waals surface area contributed by atoms with Crippen LogP contribution in [0.1, 0.15) is 43.7 Å². The van der Waals surface area contributed by atoms with Gasteiger partial charge in [-0.15, -0.1) is 0 Å². The van der Waals surface area contributed by atoms with E-state index in [0.29, 0.717) is 16.3 Å². The zero-order valence-corrected chi connectivity index (χ0v) is 21.4. The molecule has 0 bridgehead atoms. The average Bonchev–Trinajstić information content (AvgIpc) is 3.28. The van der Waals surface area contributed by atoms with Crippen LogP contribution in [0.25, 0.3) is 0 Å². The van der Waals surface area contributed by atoms with Gasteiger partial charge in [-0.3, -0.25) is 13.9 Å². The van der Waals surface area contributed by atoms with Crippen molar-refractivity contribution >= 4 is 39.1 Å². The van der Waals surface area contributed by atoms with Crippen molar-refractivity contribution in [1.29, 1.82) is 0 Å². The molecule has 7 nitrogen and oxygen atoms in total. The molecule has 0 aromatic heterocycles. The molecule has 34 heavy (non-hydrogen) atoms. The number of amides is 2. The van der Waals surface area contributed by atoms with Crippen LogP contribution in [0.4, 0.5) is 5.69 Å². The molecule has 1 aliphatic carbocycles. The van der Waals surface area contributed by atoms with Gasteiger partial charge in [0, 0.05) is 17.6 Å². The molecule has 0 saturated heterocycles. The number of benzene rings is 2. The largest absolute Gasteiger partial charge is 0.352 e. The van der Waals surface area contributed by atoms with Crippen LogP contribution in [0.5, 0.6) is 0 Å². The maximum absolute atomic E-state index is 13.6. The topological polar surface area (TPSA) is 86.8 Å². The summed E-state index contributed by atoms with van der Waals surface area (Å²) in [6, 6.07) is 13.5. The maximum atomic E-state index is 13.6. The molecule has 0 spiro atoms. The Hall–Kier alpha value is -2.58. The Balaban J connectivity index is 1.88. The quantitative estimate of drug-likeness (QED) is 0.560. The molecule has 1 saturated carbocycles. The second-order valence-electron chi connectivity index (χ2n) is 8.87. The van der Waals surface area contributed by atoms with Gasteiger partial charge in [0.25, 0.3) is 0 Å². The predicted molar refractivity (Wildman–Crippen MR) is 135 cm³/mol. The molecule has 1 fully saturated rings. The van der Waals surface area contributed by atoms with Gasteiger partial charge in [0.15, 0.2) is 0 Å². The Morgan fingerprint density at radius 2 is 1.76 bits per heavy atom. The molecule has 0 aliphatic heterocycles. The Bertz CT molecular complexity index is 1120. The molecule has 3 rings (SSSR count). The highest BCUT2D eigenvalue weighted by Gasteiger charge is 2.31. The first-order chi connectivity index (χ1) is 16.1. The van der Waals surface area contributed by atoms with Crippen LogP contribution >= 0.6 is 11.6 Å². The van der Waals surface area contributed by atoms with Crippen molar-refractivity contribution in [1.82, 2.24) is 10.2 Å². The summed E-state index contributed by atoms with van der Waals surface area (Å²) in [5.74, 6) is -0.692. The number of hydrogen-bond acceptors (Lipinski definition) is 4. The first-order valence-corrected chi connectivity index (χ1v) is 13.7. The molecule has 184 valence electrons. The smallest absolute Gasteiger partial charge is 0.244 e. The Morgan fingerprint density at radius 1 is 1.12 bits per heavy atom. The third-order valence-electron chi connectivity index (χ3n) is 6.17. The standard InChI is InChI=1S/C25H32ClN3O4S/c1-18-15-21(26)13-14-23(18)29(34(3,32)33)17-24(30)28(16-20-9-5-4-6-10-20)19(2)25(31)27-22-11-7-8-12-22/h4-6,9-10,13-15,19,22H,7-8,11-12,16-17H2,1-3H3,(H,27,31). The lowest BCUT2D eigenvalue weighted by Crippen LogP contribution is -2.52. The zero-order valence-electron chi connectivity index (χ0n) is 19.8. The average molecular weight is 506 g/mol. The van der Waals surface area contributed by atoms with Crippen LogP contribution in [0, 0.1) is 6.92 Å². The highest BCUT2D eigenvalue weighted by Crippen LogP contribution is 2.26. The number of halogens is 1. The fourth-order valence-electron chi connectivity index (χ4n) is 4.25. The molecule has 1 unspecified atom stereocenters. The van der Waals surface area contributed by atoms with Gasteiger partial charge >= 0.3 is 0 Å². The summed E-state index contributed by atoms with van der Waals surface area (Å²) < 4.78 is 26.4. The minimum atomic E-state index is -3.78. The van der Waals surface area contributed by atoms with Crippen molar-refractivity contribution in [2.24, 2.45) is 0 Å². The Morgan fingerprint density at radius 3 is 2.35 bits per heavy atom. The molecule has 9 heteroatoms. The summed E-state index contributed by atoms with van der Waals surface area (Å²) in [6.45, 7) is 3.19. The van der Waals surface area contributed by atoms with Crippen molar-refractivity contribution in [2.45, 2.75) is 58.2 Å². The third kappa shape index (κ3) is 6.73. The van der Waals surface area contributed by atoms with Crippen LogP contribution in [0.3, 0.4) is 0 Å². The summed E-state index contributed by atoms with van der Waals surface area (Å²) in [7, 11) is -3.78. The maximum Gasteiger partial charge on any atom is 0.244 e. The van der Waals surface area contributed by atoms with Gasteiger partial charge in [-0.05, 0) is 56.0 Å². The number of carbonyl (C=O) groups excluding carboxylic acids is 2. The van der Waals surface area contributed by atoms with Crippen molar-refractivity contribution in [3.63, 3.8) is 0 Å². The SMILES string of the molecule is Cc1cc(Cl)ccc1N(CC(=O)N(Cc1ccccc1)C(C)C(=O)NC1CCCC1)S(C)(=O)=O. The number of rotatable bonds is 9.